The lowest BCUT2D eigenvalue weighted by molar-refractivity contribution is -0.115. The maximum atomic E-state index is 13.6. The van der Waals surface area contributed by atoms with E-state index in [9.17, 15) is 9.59 Å². The smallest absolute Gasteiger partial charge is 0.271 e. The van der Waals surface area contributed by atoms with Gasteiger partial charge in [0.1, 0.15) is 5.76 Å². The molecule has 1 aliphatic heterocycles. The number of fused-ring (bicyclic) bond motifs is 1. The molecule has 3 heterocycles. The summed E-state index contributed by atoms with van der Waals surface area (Å²) in [7, 11) is 4.56. The molecule has 1 unspecified atom stereocenters. The number of ketones is 1. The maximum Gasteiger partial charge on any atom is 0.271 e. The van der Waals surface area contributed by atoms with Gasteiger partial charge in [-0.15, -0.1) is 0 Å². The summed E-state index contributed by atoms with van der Waals surface area (Å²) >= 11 is 4.51. The molecule has 3 aromatic rings. The van der Waals surface area contributed by atoms with E-state index < -0.39 is 6.04 Å². The minimum absolute atomic E-state index is 0.0933. The van der Waals surface area contributed by atoms with E-state index in [1.807, 2.05) is 0 Å². The normalized spacial score (nSPS) is 15.7. The summed E-state index contributed by atoms with van der Waals surface area (Å²) in [5.74, 6) is 1.72. The lowest BCUT2D eigenvalue weighted by Gasteiger charge is -2.26. The van der Waals surface area contributed by atoms with Crippen LogP contribution in [0.4, 0.5) is 0 Å². The number of methoxy groups -OCH3 is 3. The van der Waals surface area contributed by atoms with Crippen LogP contribution in [0.5, 0.6) is 17.2 Å². The van der Waals surface area contributed by atoms with Crippen molar-refractivity contribution in [1.29, 1.82) is 0 Å². The molecule has 1 atom stereocenters. The molecule has 1 aliphatic rings. The molecule has 2 aromatic heterocycles. The number of carbonyl (C=O) groups is 1. The van der Waals surface area contributed by atoms with Gasteiger partial charge in [-0.1, -0.05) is 18.3 Å². The molecule has 178 valence electrons. The van der Waals surface area contributed by atoms with Crippen LogP contribution in [0, 0.1) is 0 Å². The molecule has 4 rings (SSSR count). The molecular weight excluding hydrogens is 524 g/mol. The molecular formula is C24H23BrN2O6S. The maximum absolute atomic E-state index is 13.6. The standard InChI is InChI=1S/C24H23BrN2O6S/c1-6-15(28)20-12(2)26-24-27(23(29)18(34-24)11-14-7-8-19(25)33-14)21(20)13-9-16(30-3)22(32-5)17(10-13)31-4/h7-11,21H,6H2,1-5H3/b18-11-. The van der Waals surface area contributed by atoms with Crippen molar-refractivity contribution >= 4 is 39.1 Å². The number of thiazole rings is 1. The van der Waals surface area contributed by atoms with Gasteiger partial charge in [0.25, 0.3) is 5.56 Å². The van der Waals surface area contributed by atoms with E-state index in [0.717, 1.165) is 0 Å². The molecule has 0 fully saturated rings. The molecule has 0 aliphatic carbocycles. The van der Waals surface area contributed by atoms with Crippen LogP contribution < -0.4 is 29.1 Å². The van der Waals surface area contributed by atoms with Gasteiger partial charge in [0.2, 0.25) is 5.75 Å². The minimum atomic E-state index is -0.706. The number of Topliss-reactive ketones (excluding diaryl/α,β-unsaturated/α-hetero) is 1. The zero-order valence-corrected chi connectivity index (χ0v) is 21.7. The third kappa shape index (κ3) is 4.12. The number of halogens is 1. The zero-order chi connectivity index (χ0) is 24.6. The highest BCUT2D eigenvalue weighted by Gasteiger charge is 2.33. The summed E-state index contributed by atoms with van der Waals surface area (Å²) in [6.07, 6.45) is 1.94. The molecule has 0 spiro atoms. The third-order valence-corrected chi connectivity index (χ3v) is 6.92. The molecule has 0 saturated heterocycles. The highest BCUT2D eigenvalue weighted by molar-refractivity contribution is 9.10. The van der Waals surface area contributed by atoms with Crippen molar-refractivity contribution in [2.75, 3.05) is 21.3 Å². The van der Waals surface area contributed by atoms with Crippen molar-refractivity contribution in [2.24, 2.45) is 4.99 Å². The fourth-order valence-electron chi connectivity index (χ4n) is 3.98. The van der Waals surface area contributed by atoms with Crippen LogP contribution in [-0.2, 0) is 4.79 Å². The van der Waals surface area contributed by atoms with Crippen LogP contribution in [0.25, 0.3) is 6.08 Å². The highest BCUT2D eigenvalue weighted by atomic mass is 79.9. The first-order valence-corrected chi connectivity index (χ1v) is 12.0. The number of furan rings is 1. The van der Waals surface area contributed by atoms with E-state index in [1.165, 1.54) is 32.7 Å². The van der Waals surface area contributed by atoms with Gasteiger partial charge in [0, 0.05) is 23.8 Å². The Balaban J connectivity index is 2.03. The fraction of sp³-hybridized carbons (Fsp3) is 0.292. The first-order valence-electron chi connectivity index (χ1n) is 10.4. The molecule has 0 bridgehead atoms. The molecule has 0 amide bonds. The number of carbonyl (C=O) groups excluding carboxylic acids is 1. The topological polar surface area (TPSA) is 92.3 Å². The van der Waals surface area contributed by atoms with Gasteiger partial charge in [-0.3, -0.25) is 14.2 Å². The number of allylic oxidation sites excluding steroid dienone is 2. The lowest BCUT2D eigenvalue weighted by Crippen LogP contribution is -2.39. The number of nitrogens with zero attached hydrogens (tertiary/aromatic N) is 2. The second-order valence-electron chi connectivity index (χ2n) is 7.46. The van der Waals surface area contributed by atoms with Crippen molar-refractivity contribution in [3.63, 3.8) is 0 Å². The number of ether oxygens (including phenoxy) is 3. The summed E-state index contributed by atoms with van der Waals surface area (Å²) in [6.45, 7) is 3.57. The summed E-state index contributed by atoms with van der Waals surface area (Å²) in [4.78, 5) is 31.8. The molecule has 34 heavy (non-hydrogen) atoms. The number of rotatable bonds is 7. The number of hydrogen-bond donors (Lipinski definition) is 0. The number of aromatic nitrogens is 1. The van der Waals surface area contributed by atoms with Crippen LogP contribution >= 0.6 is 27.3 Å². The van der Waals surface area contributed by atoms with Gasteiger partial charge in [0.05, 0.1) is 31.9 Å². The first-order chi connectivity index (χ1) is 16.3. The van der Waals surface area contributed by atoms with Crippen LogP contribution in [0.15, 0.2) is 54.4 Å². The Hall–Kier alpha value is -3.11. The quantitative estimate of drug-likeness (QED) is 0.449. The number of hydrogen-bond acceptors (Lipinski definition) is 8. The summed E-state index contributed by atoms with van der Waals surface area (Å²) < 4.78 is 24.6. The van der Waals surface area contributed by atoms with Crippen molar-refractivity contribution in [3.8, 4) is 17.2 Å². The van der Waals surface area contributed by atoms with Gasteiger partial charge >= 0.3 is 0 Å². The SMILES string of the molecule is CCC(=O)C1=C(C)N=c2s/c(=C\c3ccc(Br)o3)c(=O)n2C1c1cc(OC)c(OC)c(OC)c1. The van der Waals surface area contributed by atoms with E-state index in [1.54, 1.807) is 48.8 Å². The Morgan fingerprint density at radius 2 is 1.88 bits per heavy atom. The van der Waals surface area contributed by atoms with Crippen molar-refractivity contribution < 1.29 is 23.4 Å². The van der Waals surface area contributed by atoms with Gasteiger partial charge in [-0.2, -0.15) is 0 Å². The lowest BCUT2D eigenvalue weighted by atomic mass is 9.91. The Morgan fingerprint density at radius 1 is 1.21 bits per heavy atom. The van der Waals surface area contributed by atoms with Gasteiger partial charge in [0.15, 0.2) is 26.8 Å². The van der Waals surface area contributed by atoms with Crippen LogP contribution in [-0.4, -0.2) is 31.7 Å². The van der Waals surface area contributed by atoms with Crippen LogP contribution in [0.3, 0.4) is 0 Å². The summed E-state index contributed by atoms with van der Waals surface area (Å²) in [6, 6.07) is 6.33. The molecule has 10 heteroatoms. The minimum Gasteiger partial charge on any atom is -0.493 e. The fourth-order valence-corrected chi connectivity index (χ4v) is 5.32. The average molecular weight is 547 g/mol. The molecule has 0 radical (unpaired) electrons. The Morgan fingerprint density at radius 3 is 2.41 bits per heavy atom. The predicted octanol–water partition coefficient (Wildman–Crippen LogP) is 3.60. The van der Waals surface area contributed by atoms with Gasteiger partial charge in [-0.05, 0) is 52.7 Å². The highest BCUT2D eigenvalue weighted by Crippen LogP contribution is 2.42. The summed E-state index contributed by atoms with van der Waals surface area (Å²) in [5, 5.41) is 0. The zero-order valence-electron chi connectivity index (χ0n) is 19.3. The largest absolute Gasteiger partial charge is 0.493 e. The van der Waals surface area contributed by atoms with Crippen molar-refractivity contribution in [2.45, 2.75) is 26.3 Å². The Bertz CT molecular complexity index is 1450. The predicted molar refractivity (Wildman–Crippen MR) is 132 cm³/mol. The molecule has 1 aromatic carbocycles. The third-order valence-electron chi connectivity index (χ3n) is 5.51. The van der Waals surface area contributed by atoms with E-state index in [-0.39, 0.29) is 17.8 Å². The molecule has 0 saturated carbocycles. The monoisotopic (exact) mass is 546 g/mol. The van der Waals surface area contributed by atoms with Gasteiger partial charge < -0.3 is 18.6 Å². The van der Waals surface area contributed by atoms with Crippen molar-refractivity contribution in [1.82, 2.24) is 4.57 Å². The van der Waals surface area contributed by atoms with E-state index in [0.29, 0.717) is 53.8 Å². The molecule has 8 nitrogen and oxygen atoms in total. The Kier molecular flexibility index (Phi) is 6.81. The van der Waals surface area contributed by atoms with E-state index in [4.69, 9.17) is 18.6 Å². The van der Waals surface area contributed by atoms with E-state index in [2.05, 4.69) is 20.9 Å². The summed E-state index contributed by atoms with van der Waals surface area (Å²) in [5.41, 5.74) is 1.40. The number of benzene rings is 1. The van der Waals surface area contributed by atoms with Gasteiger partial charge in [-0.25, -0.2) is 4.99 Å². The average Bonchev–Trinajstić information content (AvgIpc) is 3.38. The van der Waals surface area contributed by atoms with Crippen LogP contribution in [0.1, 0.15) is 37.6 Å². The second kappa shape index (κ2) is 9.63. The first kappa shape index (κ1) is 24.0. The van der Waals surface area contributed by atoms with E-state index >= 15 is 0 Å². The second-order valence-corrected chi connectivity index (χ2v) is 9.25. The molecule has 0 N–H and O–H groups in total. The van der Waals surface area contributed by atoms with Crippen LogP contribution in [0.2, 0.25) is 0 Å². The van der Waals surface area contributed by atoms with Crippen molar-refractivity contribution in [3.05, 3.63) is 71.2 Å². The Labute approximate surface area is 207 Å².